The standard InChI is InChI=1S/C18H26N2OS/c1-5-9-20(10-6-2)12-16-17(19-18(21)22-16)15-8-7-13(3)14(4)11-15/h7-8,11H,5-6,9-10,12H2,1-4H3,(H,19,21). The van der Waals surface area contributed by atoms with Crippen LogP contribution < -0.4 is 4.87 Å². The first-order chi connectivity index (χ1) is 10.5. The zero-order valence-corrected chi connectivity index (χ0v) is 14.8. The minimum absolute atomic E-state index is 0.0381. The van der Waals surface area contributed by atoms with E-state index < -0.39 is 0 Å². The van der Waals surface area contributed by atoms with Gasteiger partial charge < -0.3 is 4.98 Å². The lowest BCUT2D eigenvalue weighted by atomic mass is 10.0. The molecule has 0 aliphatic rings. The van der Waals surface area contributed by atoms with Crippen LogP contribution in [-0.2, 0) is 6.54 Å². The minimum Gasteiger partial charge on any atom is -0.312 e. The maximum atomic E-state index is 11.9. The topological polar surface area (TPSA) is 36.1 Å². The minimum atomic E-state index is 0.0381. The highest BCUT2D eigenvalue weighted by Crippen LogP contribution is 2.26. The summed E-state index contributed by atoms with van der Waals surface area (Å²) in [5.74, 6) is 0. The summed E-state index contributed by atoms with van der Waals surface area (Å²) in [5, 5.41) is 0. The number of rotatable bonds is 7. The first-order valence-electron chi connectivity index (χ1n) is 8.07. The number of nitrogens with zero attached hydrogens (tertiary/aromatic N) is 1. The molecule has 0 spiro atoms. The molecule has 0 aliphatic heterocycles. The molecule has 1 aromatic carbocycles. The summed E-state index contributed by atoms with van der Waals surface area (Å²) in [6.07, 6.45) is 2.27. The Hall–Kier alpha value is -1.39. The molecule has 0 atom stereocenters. The Morgan fingerprint density at radius 1 is 1.09 bits per heavy atom. The predicted octanol–water partition coefficient (Wildman–Crippen LogP) is 4.34. The van der Waals surface area contributed by atoms with Crippen LogP contribution in [0.25, 0.3) is 11.3 Å². The van der Waals surface area contributed by atoms with Gasteiger partial charge in [-0.25, -0.2) is 0 Å². The van der Waals surface area contributed by atoms with Crippen molar-refractivity contribution in [2.75, 3.05) is 13.1 Å². The van der Waals surface area contributed by atoms with Gasteiger partial charge in [-0.3, -0.25) is 9.69 Å². The largest absolute Gasteiger partial charge is 0.312 e. The normalized spacial score (nSPS) is 11.3. The van der Waals surface area contributed by atoms with Gasteiger partial charge in [0.25, 0.3) is 0 Å². The summed E-state index contributed by atoms with van der Waals surface area (Å²) in [4.78, 5) is 18.5. The highest BCUT2D eigenvalue weighted by molar-refractivity contribution is 7.09. The molecule has 0 amide bonds. The van der Waals surface area contributed by atoms with Gasteiger partial charge >= 0.3 is 4.87 Å². The molecule has 0 unspecified atom stereocenters. The average Bonchev–Trinajstić information content (AvgIpc) is 2.83. The molecule has 1 aromatic heterocycles. The molecule has 1 N–H and O–H groups in total. The molecule has 0 fully saturated rings. The quantitative estimate of drug-likeness (QED) is 0.824. The van der Waals surface area contributed by atoms with E-state index in [2.05, 4.69) is 55.8 Å². The van der Waals surface area contributed by atoms with Gasteiger partial charge in [-0.2, -0.15) is 0 Å². The zero-order chi connectivity index (χ0) is 16.1. The number of benzene rings is 1. The van der Waals surface area contributed by atoms with Crippen LogP contribution in [0.15, 0.2) is 23.0 Å². The van der Waals surface area contributed by atoms with Crippen molar-refractivity contribution < 1.29 is 0 Å². The van der Waals surface area contributed by atoms with Crippen LogP contribution in [0.3, 0.4) is 0 Å². The van der Waals surface area contributed by atoms with E-state index in [-0.39, 0.29) is 4.87 Å². The molecule has 120 valence electrons. The van der Waals surface area contributed by atoms with Gasteiger partial charge in [-0.1, -0.05) is 37.3 Å². The molecule has 4 heteroatoms. The van der Waals surface area contributed by atoms with E-state index in [1.54, 1.807) is 0 Å². The summed E-state index contributed by atoms with van der Waals surface area (Å²) in [5.41, 5.74) is 4.65. The van der Waals surface area contributed by atoms with Crippen molar-refractivity contribution in [1.82, 2.24) is 9.88 Å². The number of aryl methyl sites for hydroxylation is 2. The summed E-state index contributed by atoms with van der Waals surface area (Å²) in [6, 6.07) is 6.40. The summed E-state index contributed by atoms with van der Waals surface area (Å²) >= 11 is 1.35. The molecule has 2 aromatic rings. The van der Waals surface area contributed by atoms with Crippen molar-refractivity contribution in [3.63, 3.8) is 0 Å². The first-order valence-corrected chi connectivity index (χ1v) is 8.88. The van der Waals surface area contributed by atoms with Crippen LogP contribution in [0.2, 0.25) is 0 Å². The van der Waals surface area contributed by atoms with E-state index in [9.17, 15) is 4.79 Å². The monoisotopic (exact) mass is 318 g/mol. The van der Waals surface area contributed by atoms with Crippen molar-refractivity contribution >= 4 is 11.3 Å². The third-order valence-electron chi connectivity index (χ3n) is 3.96. The van der Waals surface area contributed by atoms with Crippen LogP contribution in [0, 0.1) is 13.8 Å². The van der Waals surface area contributed by atoms with Gasteiger partial charge in [-0.05, 0) is 62.5 Å². The molecule has 0 saturated heterocycles. The summed E-state index contributed by atoms with van der Waals surface area (Å²) in [7, 11) is 0. The molecular formula is C18H26N2OS. The van der Waals surface area contributed by atoms with Gasteiger partial charge in [0.15, 0.2) is 0 Å². The predicted molar refractivity (Wildman–Crippen MR) is 95.7 cm³/mol. The van der Waals surface area contributed by atoms with E-state index in [0.717, 1.165) is 48.6 Å². The number of hydrogen-bond donors (Lipinski definition) is 1. The average molecular weight is 318 g/mol. The lowest BCUT2D eigenvalue weighted by molar-refractivity contribution is 0.269. The summed E-state index contributed by atoms with van der Waals surface area (Å²) in [6.45, 7) is 11.6. The van der Waals surface area contributed by atoms with E-state index >= 15 is 0 Å². The van der Waals surface area contributed by atoms with E-state index in [0.29, 0.717) is 0 Å². The SMILES string of the molecule is CCCN(CCC)Cc1sc(=O)[nH]c1-c1ccc(C)c(C)c1. The van der Waals surface area contributed by atoms with Crippen LogP contribution in [-0.4, -0.2) is 23.0 Å². The van der Waals surface area contributed by atoms with Crippen LogP contribution in [0.1, 0.15) is 42.7 Å². The zero-order valence-electron chi connectivity index (χ0n) is 14.0. The van der Waals surface area contributed by atoms with Gasteiger partial charge in [0.1, 0.15) is 0 Å². The molecule has 2 rings (SSSR count). The lowest BCUT2D eigenvalue weighted by Crippen LogP contribution is -2.24. The van der Waals surface area contributed by atoms with Crippen molar-refractivity contribution in [1.29, 1.82) is 0 Å². The third-order valence-corrected chi connectivity index (χ3v) is 4.83. The fourth-order valence-electron chi connectivity index (χ4n) is 2.71. The Labute approximate surface area is 137 Å². The fraction of sp³-hybridized carbons (Fsp3) is 0.500. The fourth-order valence-corrected chi connectivity index (χ4v) is 3.60. The van der Waals surface area contributed by atoms with Crippen molar-refractivity contribution in [2.45, 2.75) is 47.1 Å². The number of hydrogen-bond acceptors (Lipinski definition) is 3. The Balaban J connectivity index is 2.33. The molecule has 0 aliphatic carbocycles. The second-order valence-electron chi connectivity index (χ2n) is 5.89. The Morgan fingerprint density at radius 3 is 2.36 bits per heavy atom. The van der Waals surface area contributed by atoms with Crippen molar-refractivity contribution in [3.8, 4) is 11.3 Å². The van der Waals surface area contributed by atoms with E-state index in [4.69, 9.17) is 0 Å². The number of aromatic nitrogens is 1. The molecule has 0 radical (unpaired) electrons. The van der Waals surface area contributed by atoms with Crippen molar-refractivity contribution in [2.24, 2.45) is 0 Å². The first kappa shape index (κ1) is 17.0. The van der Waals surface area contributed by atoms with E-state index in [1.165, 1.54) is 22.5 Å². The maximum absolute atomic E-state index is 11.9. The van der Waals surface area contributed by atoms with Gasteiger partial charge in [0.05, 0.1) is 5.69 Å². The lowest BCUT2D eigenvalue weighted by Gasteiger charge is -2.20. The van der Waals surface area contributed by atoms with Crippen LogP contribution >= 0.6 is 11.3 Å². The Morgan fingerprint density at radius 2 is 1.77 bits per heavy atom. The Kier molecular flexibility index (Phi) is 5.98. The highest BCUT2D eigenvalue weighted by Gasteiger charge is 2.14. The molecule has 0 bridgehead atoms. The van der Waals surface area contributed by atoms with Gasteiger partial charge in [-0.15, -0.1) is 0 Å². The number of nitrogens with one attached hydrogen (secondary N) is 1. The van der Waals surface area contributed by atoms with Crippen molar-refractivity contribution in [3.05, 3.63) is 43.9 Å². The molecule has 0 saturated carbocycles. The maximum Gasteiger partial charge on any atom is 0.305 e. The van der Waals surface area contributed by atoms with Gasteiger partial charge in [0.2, 0.25) is 0 Å². The third kappa shape index (κ3) is 4.08. The number of H-pyrrole nitrogens is 1. The van der Waals surface area contributed by atoms with Gasteiger partial charge in [0, 0.05) is 11.4 Å². The van der Waals surface area contributed by atoms with Crippen LogP contribution in [0.5, 0.6) is 0 Å². The second kappa shape index (κ2) is 7.75. The molecular weight excluding hydrogens is 292 g/mol. The molecule has 3 nitrogen and oxygen atoms in total. The Bertz CT molecular complexity index is 666. The number of thiazole rings is 1. The highest BCUT2D eigenvalue weighted by atomic mass is 32.1. The number of aromatic amines is 1. The second-order valence-corrected chi connectivity index (χ2v) is 6.96. The van der Waals surface area contributed by atoms with Crippen LogP contribution in [0.4, 0.5) is 0 Å². The summed E-state index contributed by atoms with van der Waals surface area (Å²) < 4.78 is 0. The molecule has 22 heavy (non-hydrogen) atoms. The smallest absolute Gasteiger partial charge is 0.305 e. The molecule has 1 heterocycles. The van der Waals surface area contributed by atoms with E-state index in [1.807, 2.05) is 0 Å².